The predicted molar refractivity (Wildman–Crippen MR) is 150 cm³/mol. The summed E-state index contributed by atoms with van der Waals surface area (Å²) in [5, 5.41) is 14.2. The van der Waals surface area contributed by atoms with Crippen LogP contribution in [0, 0.1) is 0 Å². The number of hydrogen-bond donors (Lipinski definition) is 3. The summed E-state index contributed by atoms with van der Waals surface area (Å²) in [5.41, 5.74) is -2.45. The molecule has 8 nitrogen and oxygen atoms in total. The topological polar surface area (TPSA) is 110 Å². The lowest BCUT2D eigenvalue weighted by Gasteiger charge is -2.36. The number of amides is 2. The van der Waals surface area contributed by atoms with Crippen LogP contribution in [-0.4, -0.2) is 41.0 Å². The molecule has 3 N–H and O–H groups in total. The van der Waals surface area contributed by atoms with Crippen LogP contribution in [0.2, 0.25) is 5.02 Å². The number of pyridine rings is 1. The number of aromatic nitrogens is 1. The molecule has 46 heavy (non-hydrogen) atoms. The van der Waals surface area contributed by atoms with E-state index in [4.69, 9.17) is 11.6 Å². The van der Waals surface area contributed by atoms with Crippen LogP contribution in [-0.2, 0) is 12.0 Å². The lowest BCUT2D eigenvalue weighted by Crippen LogP contribution is -2.50. The van der Waals surface area contributed by atoms with Crippen molar-refractivity contribution in [1.82, 2.24) is 10.3 Å². The highest BCUT2D eigenvalue weighted by Crippen LogP contribution is 2.37. The summed E-state index contributed by atoms with van der Waals surface area (Å²) in [6, 6.07) is 16.7. The molecule has 3 aromatic carbocycles. The number of carboxylic acids is 1. The Bertz CT molecular complexity index is 1690. The minimum atomic E-state index is -5.27. The average molecular weight is 672 g/mol. The molecule has 0 bridgehead atoms. The maximum absolute atomic E-state index is 13.9. The van der Waals surface area contributed by atoms with Gasteiger partial charge < -0.3 is 25.2 Å². The van der Waals surface area contributed by atoms with E-state index in [-0.39, 0.29) is 22.7 Å². The third-order valence-corrected chi connectivity index (χ3v) is 6.56. The second-order valence-electron chi connectivity index (χ2n) is 9.56. The lowest BCUT2D eigenvalue weighted by atomic mass is 9.80. The summed E-state index contributed by atoms with van der Waals surface area (Å²) < 4.78 is 101. The Morgan fingerprint density at radius 2 is 1.61 bits per heavy atom. The van der Waals surface area contributed by atoms with Crippen molar-refractivity contribution in [3.05, 3.63) is 119 Å². The summed E-state index contributed by atoms with van der Waals surface area (Å²) in [6.45, 7) is 0. The fourth-order valence-electron chi connectivity index (χ4n) is 4.39. The maximum Gasteiger partial charge on any atom is 0.573 e. The molecular weight excluding hydrogens is 651 g/mol. The first-order valence-corrected chi connectivity index (χ1v) is 13.3. The van der Waals surface area contributed by atoms with Crippen molar-refractivity contribution in [2.24, 2.45) is 0 Å². The Labute approximate surface area is 260 Å². The zero-order valence-electron chi connectivity index (χ0n) is 23.0. The van der Waals surface area contributed by atoms with Crippen molar-refractivity contribution in [2.45, 2.75) is 30.9 Å². The Morgan fingerprint density at radius 3 is 2.22 bits per heavy atom. The molecule has 0 saturated carbocycles. The van der Waals surface area contributed by atoms with Crippen LogP contribution in [0.4, 0.5) is 41.2 Å². The molecule has 4 rings (SSSR count). The molecule has 2 amide bonds. The number of alkyl halides is 7. The first-order chi connectivity index (χ1) is 21.6. The van der Waals surface area contributed by atoms with Crippen molar-refractivity contribution in [3.63, 3.8) is 0 Å². The number of ether oxygens (including phenoxy) is 2. The molecule has 0 fully saturated rings. The number of carbonyl (C=O) groups excluding carboxylic acids is 1. The molecule has 0 aliphatic heterocycles. The number of nitrogens with one attached hydrogen (secondary N) is 2. The fraction of sp³-hybridized carbons (Fsp3) is 0.167. The number of carbonyl (C=O) groups is 2. The van der Waals surface area contributed by atoms with Gasteiger partial charge in [0.15, 0.2) is 5.75 Å². The maximum atomic E-state index is 13.9. The fourth-order valence-corrected chi connectivity index (χ4v) is 4.50. The highest BCUT2D eigenvalue weighted by molar-refractivity contribution is 6.30. The molecule has 0 spiro atoms. The Kier molecular flexibility index (Phi) is 9.95. The van der Waals surface area contributed by atoms with Crippen molar-refractivity contribution >= 4 is 29.3 Å². The van der Waals surface area contributed by atoms with Crippen LogP contribution >= 0.6 is 11.6 Å². The van der Waals surface area contributed by atoms with E-state index < -0.39 is 59.2 Å². The van der Waals surface area contributed by atoms with E-state index in [9.17, 15) is 45.4 Å². The number of aromatic carboxylic acids is 1. The Hall–Kier alpha value is -5.05. The minimum Gasteiger partial charge on any atom is -0.478 e. The first kappa shape index (κ1) is 33.8. The molecule has 16 heteroatoms. The highest BCUT2D eigenvalue weighted by Gasteiger charge is 2.45. The van der Waals surface area contributed by atoms with E-state index in [0.717, 1.165) is 24.3 Å². The molecule has 242 valence electrons. The van der Waals surface area contributed by atoms with Crippen LogP contribution in [0.3, 0.4) is 0 Å². The number of hydrogen-bond acceptors (Lipinski definition) is 5. The Morgan fingerprint density at radius 1 is 0.891 bits per heavy atom. The van der Waals surface area contributed by atoms with Gasteiger partial charge in [-0.05, 0) is 53.6 Å². The van der Waals surface area contributed by atoms with Crippen molar-refractivity contribution in [3.8, 4) is 11.5 Å². The van der Waals surface area contributed by atoms with Crippen LogP contribution in [0.25, 0.3) is 0 Å². The van der Waals surface area contributed by atoms with E-state index in [0.29, 0.717) is 11.6 Å². The largest absolute Gasteiger partial charge is 0.573 e. The number of benzene rings is 3. The van der Waals surface area contributed by atoms with E-state index in [1.807, 2.05) is 0 Å². The predicted octanol–water partition coefficient (Wildman–Crippen LogP) is 7.88. The summed E-state index contributed by atoms with van der Waals surface area (Å²) >= 11 is 6.03. The molecular formula is C30H21ClF7N3O5. The van der Waals surface area contributed by atoms with Gasteiger partial charge >= 0.3 is 30.9 Å². The van der Waals surface area contributed by atoms with Gasteiger partial charge in [0.05, 0.1) is 22.0 Å². The summed E-state index contributed by atoms with van der Waals surface area (Å²) in [6.07, 6.45) is -13.3. The SMILES string of the molecule is O=C(Nc1ccc(C(=O)O)cc1OC(F)(F)F)NC(Cc1ccccc1)(c1cccc(OC(F)(F)C(F)F)c1)c1ccc(Cl)cn1. The zero-order valence-corrected chi connectivity index (χ0v) is 23.8. The van der Waals surface area contributed by atoms with Crippen molar-refractivity contribution in [2.75, 3.05) is 5.32 Å². The van der Waals surface area contributed by atoms with Gasteiger partial charge in [-0.15, -0.1) is 13.2 Å². The number of nitrogens with zero attached hydrogens (tertiary/aromatic N) is 1. The van der Waals surface area contributed by atoms with Gasteiger partial charge in [-0.25, -0.2) is 9.59 Å². The lowest BCUT2D eigenvalue weighted by molar-refractivity contribution is -0.274. The normalized spacial score (nSPS) is 13.1. The van der Waals surface area contributed by atoms with Gasteiger partial charge in [0.2, 0.25) is 0 Å². The van der Waals surface area contributed by atoms with Crippen LogP contribution in [0.15, 0.2) is 91.1 Å². The summed E-state index contributed by atoms with van der Waals surface area (Å²) in [7, 11) is 0. The van der Waals surface area contributed by atoms with E-state index in [1.165, 1.54) is 30.5 Å². The number of halogens is 8. The molecule has 0 saturated heterocycles. The molecule has 0 aliphatic carbocycles. The van der Waals surface area contributed by atoms with Gasteiger partial charge in [-0.2, -0.15) is 17.6 Å². The third-order valence-electron chi connectivity index (χ3n) is 6.34. The van der Waals surface area contributed by atoms with Gasteiger partial charge in [-0.1, -0.05) is 54.1 Å². The summed E-state index contributed by atoms with van der Waals surface area (Å²) in [5.74, 6) is -3.33. The number of anilines is 1. The second-order valence-corrected chi connectivity index (χ2v) is 10.0. The molecule has 0 aliphatic rings. The minimum absolute atomic E-state index is 0.0168. The summed E-state index contributed by atoms with van der Waals surface area (Å²) in [4.78, 5) is 29.2. The smallest absolute Gasteiger partial charge is 0.478 e. The zero-order chi connectivity index (χ0) is 33.7. The molecule has 1 atom stereocenters. The number of carboxylic acid groups (broad SMARTS) is 1. The van der Waals surface area contributed by atoms with Gasteiger partial charge in [-0.3, -0.25) is 4.98 Å². The second kappa shape index (κ2) is 13.5. The quantitative estimate of drug-likeness (QED) is 0.140. The molecule has 1 heterocycles. The van der Waals surface area contributed by atoms with Gasteiger partial charge in [0.25, 0.3) is 0 Å². The van der Waals surface area contributed by atoms with E-state index in [2.05, 4.69) is 25.1 Å². The Balaban J connectivity index is 1.85. The highest BCUT2D eigenvalue weighted by atomic mass is 35.5. The number of rotatable bonds is 11. The van der Waals surface area contributed by atoms with E-state index in [1.54, 1.807) is 30.3 Å². The van der Waals surface area contributed by atoms with Crippen molar-refractivity contribution < 1.29 is 54.9 Å². The molecule has 1 aromatic heterocycles. The van der Waals surface area contributed by atoms with Gasteiger partial charge in [0, 0.05) is 12.6 Å². The molecule has 1 unspecified atom stereocenters. The molecule has 0 radical (unpaired) electrons. The van der Waals surface area contributed by atoms with Crippen LogP contribution in [0.1, 0.15) is 27.2 Å². The standard InChI is InChI=1S/C30H21ClF7N3O5/c31-20-10-12-24(39-16-20)28(15-17-5-2-1-3-6-17,19-7-4-8-21(14-19)45-29(34,35)26(32)33)41-27(44)40-22-11-9-18(25(42)43)13-23(22)46-30(36,37)38/h1-14,16,26H,15H2,(H,42,43)(H2,40,41,44). The average Bonchev–Trinajstić information content (AvgIpc) is 2.97. The van der Waals surface area contributed by atoms with Crippen LogP contribution in [0.5, 0.6) is 11.5 Å². The monoisotopic (exact) mass is 671 g/mol. The number of urea groups is 1. The first-order valence-electron chi connectivity index (χ1n) is 12.9. The molecule has 4 aromatic rings. The third kappa shape index (κ3) is 8.35. The van der Waals surface area contributed by atoms with Gasteiger partial charge in [0.1, 0.15) is 11.3 Å². The van der Waals surface area contributed by atoms with Crippen molar-refractivity contribution in [1.29, 1.82) is 0 Å². The van der Waals surface area contributed by atoms with E-state index >= 15 is 0 Å². The van der Waals surface area contributed by atoms with Crippen LogP contribution < -0.4 is 20.1 Å².